The Morgan fingerprint density at radius 3 is 2.05 bits per heavy atom. The molecule has 0 aliphatic carbocycles. The molecule has 2 aromatic carbocycles. The second-order valence-corrected chi connectivity index (χ2v) is 4.82. The molecule has 0 aliphatic rings. The minimum Gasteiger partial charge on any atom is -0.151 e. The van der Waals surface area contributed by atoms with Crippen molar-refractivity contribution in [2.75, 3.05) is 0 Å². The molecule has 0 heterocycles. The number of allylic oxidation sites excluding steroid dienone is 2. The largest absolute Gasteiger partial charge is 0.151 e. The fourth-order valence-electron chi connectivity index (χ4n) is 1.85. The van der Waals surface area contributed by atoms with Crippen molar-refractivity contribution in [2.45, 2.75) is 13.8 Å². The second kappa shape index (κ2) is 6.11. The van der Waals surface area contributed by atoms with Crippen LogP contribution in [0.25, 0.3) is 11.1 Å². The van der Waals surface area contributed by atoms with Gasteiger partial charge >= 0.3 is 0 Å². The van der Waals surface area contributed by atoms with Crippen molar-refractivity contribution >= 4 is 22.5 Å². The average Bonchev–Trinajstić information content (AvgIpc) is 2.45. The molecule has 0 N–H and O–H groups in total. The zero-order valence-electron chi connectivity index (χ0n) is 11.9. The van der Waals surface area contributed by atoms with Gasteiger partial charge in [-0.25, -0.2) is 0 Å². The van der Waals surface area contributed by atoms with Gasteiger partial charge in [-0.15, -0.1) is 5.11 Å². The van der Waals surface area contributed by atoms with Gasteiger partial charge in [0.2, 0.25) is 0 Å². The quantitative estimate of drug-likeness (QED) is 0.589. The molecular formula is C18H18N2. The van der Waals surface area contributed by atoms with Crippen molar-refractivity contribution < 1.29 is 0 Å². The molecule has 0 aliphatic heterocycles. The lowest BCUT2D eigenvalue weighted by atomic mass is 10.1. The first-order valence-electron chi connectivity index (χ1n) is 6.50. The van der Waals surface area contributed by atoms with Gasteiger partial charge in [-0.1, -0.05) is 49.1 Å². The lowest BCUT2D eigenvalue weighted by Gasteiger charge is -2.03. The van der Waals surface area contributed by atoms with Crippen molar-refractivity contribution in [2.24, 2.45) is 10.2 Å². The molecule has 20 heavy (non-hydrogen) atoms. The van der Waals surface area contributed by atoms with E-state index in [1.54, 1.807) is 0 Å². The summed E-state index contributed by atoms with van der Waals surface area (Å²) in [6.45, 7) is 11.8. The molecule has 0 amide bonds. The molecule has 100 valence electrons. The van der Waals surface area contributed by atoms with E-state index < -0.39 is 0 Å². The predicted octanol–water partition coefficient (Wildman–Crippen LogP) is 6.17. The van der Waals surface area contributed by atoms with Gasteiger partial charge in [0.1, 0.15) is 0 Å². The Bertz CT molecular complexity index is 664. The Kier molecular flexibility index (Phi) is 4.26. The number of benzene rings is 2. The minimum absolute atomic E-state index is 0.825. The SMILES string of the molecule is C=C(C)c1ccc(N=Nc2ccccc2C(=C)C)cc1. The molecule has 0 spiro atoms. The summed E-state index contributed by atoms with van der Waals surface area (Å²) in [5.74, 6) is 0. The molecule has 2 heteroatoms. The normalized spacial score (nSPS) is 10.7. The summed E-state index contributed by atoms with van der Waals surface area (Å²) >= 11 is 0. The van der Waals surface area contributed by atoms with Crippen molar-refractivity contribution in [3.8, 4) is 0 Å². The van der Waals surface area contributed by atoms with E-state index in [1.807, 2.05) is 62.4 Å². The van der Waals surface area contributed by atoms with E-state index >= 15 is 0 Å². The van der Waals surface area contributed by atoms with Gasteiger partial charge in [0, 0.05) is 5.56 Å². The Balaban J connectivity index is 2.25. The standard InChI is InChI=1S/C18H18N2/c1-13(2)15-9-11-16(12-10-15)19-20-18-8-6-5-7-17(18)14(3)4/h5-12H,1,3H2,2,4H3. The fraction of sp³-hybridized carbons (Fsp3) is 0.111. The summed E-state index contributed by atoms with van der Waals surface area (Å²) < 4.78 is 0. The third kappa shape index (κ3) is 3.29. The summed E-state index contributed by atoms with van der Waals surface area (Å²) in [4.78, 5) is 0. The maximum Gasteiger partial charge on any atom is 0.0931 e. The number of nitrogens with zero attached hydrogens (tertiary/aromatic N) is 2. The highest BCUT2D eigenvalue weighted by Gasteiger charge is 2.00. The van der Waals surface area contributed by atoms with Gasteiger partial charge < -0.3 is 0 Å². The first-order valence-corrected chi connectivity index (χ1v) is 6.50. The Labute approximate surface area is 120 Å². The first kappa shape index (κ1) is 13.9. The maximum atomic E-state index is 4.31. The van der Waals surface area contributed by atoms with Crippen LogP contribution in [0.15, 0.2) is 71.9 Å². The highest BCUT2D eigenvalue weighted by Crippen LogP contribution is 2.27. The van der Waals surface area contributed by atoms with Crippen LogP contribution in [0, 0.1) is 0 Å². The third-order valence-electron chi connectivity index (χ3n) is 3.00. The lowest BCUT2D eigenvalue weighted by molar-refractivity contribution is 1.22. The molecule has 0 unspecified atom stereocenters. The monoisotopic (exact) mass is 262 g/mol. The summed E-state index contributed by atoms with van der Waals surface area (Å²) in [5, 5.41) is 8.59. The van der Waals surface area contributed by atoms with Gasteiger partial charge in [-0.2, -0.15) is 5.11 Å². The van der Waals surface area contributed by atoms with E-state index in [-0.39, 0.29) is 0 Å². The van der Waals surface area contributed by atoms with E-state index in [9.17, 15) is 0 Å². The minimum atomic E-state index is 0.825. The number of azo groups is 1. The Hall–Kier alpha value is -2.48. The molecular weight excluding hydrogens is 244 g/mol. The summed E-state index contributed by atoms with van der Waals surface area (Å²) in [5.41, 5.74) is 5.83. The number of hydrogen-bond donors (Lipinski definition) is 0. The third-order valence-corrected chi connectivity index (χ3v) is 3.00. The van der Waals surface area contributed by atoms with E-state index in [4.69, 9.17) is 0 Å². The van der Waals surface area contributed by atoms with Crippen LogP contribution in [0.3, 0.4) is 0 Å². The molecule has 0 radical (unpaired) electrons. The Morgan fingerprint density at radius 2 is 1.45 bits per heavy atom. The summed E-state index contributed by atoms with van der Waals surface area (Å²) in [7, 11) is 0. The van der Waals surface area contributed by atoms with Crippen molar-refractivity contribution in [3.05, 3.63) is 72.8 Å². The average molecular weight is 262 g/mol. The zero-order chi connectivity index (χ0) is 14.5. The van der Waals surface area contributed by atoms with Crippen LogP contribution in [-0.2, 0) is 0 Å². The van der Waals surface area contributed by atoms with E-state index in [2.05, 4.69) is 23.4 Å². The highest BCUT2D eigenvalue weighted by atomic mass is 15.1. The van der Waals surface area contributed by atoms with Crippen LogP contribution in [0.5, 0.6) is 0 Å². The van der Waals surface area contributed by atoms with Gasteiger partial charge in [-0.3, -0.25) is 0 Å². The van der Waals surface area contributed by atoms with Gasteiger partial charge in [0.05, 0.1) is 11.4 Å². The van der Waals surface area contributed by atoms with Gasteiger partial charge in [-0.05, 0) is 43.2 Å². The molecule has 0 saturated carbocycles. The topological polar surface area (TPSA) is 24.7 Å². The molecule has 0 atom stereocenters. The van der Waals surface area contributed by atoms with Crippen LogP contribution in [0.1, 0.15) is 25.0 Å². The highest BCUT2D eigenvalue weighted by molar-refractivity contribution is 5.71. The van der Waals surface area contributed by atoms with E-state index in [1.165, 1.54) is 0 Å². The molecule has 2 rings (SSSR count). The summed E-state index contributed by atoms with van der Waals surface area (Å²) in [6, 6.07) is 15.8. The second-order valence-electron chi connectivity index (χ2n) is 4.82. The Morgan fingerprint density at radius 1 is 0.800 bits per heavy atom. The smallest absolute Gasteiger partial charge is 0.0931 e. The number of rotatable bonds is 4. The number of hydrogen-bond acceptors (Lipinski definition) is 2. The molecule has 0 saturated heterocycles. The van der Waals surface area contributed by atoms with Crippen molar-refractivity contribution in [3.63, 3.8) is 0 Å². The summed E-state index contributed by atoms with van der Waals surface area (Å²) in [6.07, 6.45) is 0. The molecule has 0 aromatic heterocycles. The maximum absolute atomic E-state index is 4.31. The van der Waals surface area contributed by atoms with Crippen LogP contribution in [0.2, 0.25) is 0 Å². The molecule has 2 nitrogen and oxygen atoms in total. The van der Waals surface area contributed by atoms with Crippen molar-refractivity contribution in [1.29, 1.82) is 0 Å². The van der Waals surface area contributed by atoms with Crippen LogP contribution >= 0.6 is 0 Å². The van der Waals surface area contributed by atoms with Gasteiger partial charge in [0.15, 0.2) is 0 Å². The molecule has 0 bridgehead atoms. The predicted molar refractivity (Wildman–Crippen MR) is 86.5 cm³/mol. The van der Waals surface area contributed by atoms with E-state index in [0.717, 1.165) is 33.6 Å². The van der Waals surface area contributed by atoms with Crippen LogP contribution < -0.4 is 0 Å². The lowest BCUT2D eigenvalue weighted by Crippen LogP contribution is -1.78. The zero-order valence-corrected chi connectivity index (χ0v) is 11.9. The van der Waals surface area contributed by atoms with Gasteiger partial charge in [0.25, 0.3) is 0 Å². The van der Waals surface area contributed by atoms with Crippen LogP contribution in [-0.4, -0.2) is 0 Å². The van der Waals surface area contributed by atoms with Crippen molar-refractivity contribution in [1.82, 2.24) is 0 Å². The molecule has 2 aromatic rings. The first-order chi connectivity index (χ1) is 9.58. The fourth-order valence-corrected chi connectivity index (χ4v) is 1.85. The molecule has 0 fully saturated rings. The van der Waals surface area contributed by atoms with E-state index in [0.29, 0.717) is 0 Å². The van der Waals surface area contributed by atoms with Crippen LogP contribution in [0.4, 0.5) is 11.4 Å².